The van der Waals surface area contributed by atoms with Crippen LogP contribution in [-0.2, 0) is 16.1 Å². The van der Waals surface area contributed by atoms with Crippen molar-refractivity contribution >= 4 is 39.1 Å². The Morgan fingerprint density at radius 1 is 1.24 bits per heavy atom. The first-order chi connectivity index (χ1) is 14.1. The van der Waals surface area contributed by atoms with E-state index in [9.17, 15) is 9.59 Å². The molecule has 2 amide bonds. The summed E-state index contributed by atoms with van der Waals surface area (Å²) < 4.78 is 11.8. The molecule has 0 aliphatic carbocycles. The topological polar surface area (TPSA) is 80.8 Å². The van der Waals surface area contributed by atoms with E-state index < -0.39 is 0 Å². The van der Waals surface area contributed by atoms with Gasteiger partial charge in [-0.15, -0.1) is 11.3 Å². The van der Waals surface area contributed by atoms with Gasteiger partial charge >= 0.3 is 0 Å². The van der Waals surface area contributed by atoms with Gasteiger partial charge in [0, 0.05) is 25.2 Å². The van der Waals surface area contributed by atoms with Crippen molar-refractivity contribution < 1.29 is 19.1 Å². The van der Waals surface area contributed by atoms with Gasteiger partial charge in [0.2, 0.25) is 18.6 Å². The molecule has 5 rings (SSSR count). The summed E-state index contributed by atoms with van der Waals surface area (Å²) >= 11 is 1.63. The quantitative estimate of drug-likeness (QED) is 0.717. The largest absolute Gasteiger partial charge is 0.454 e. The minimum absolute atomic E-state index is 0.0421. The number of hydrogen-bond donors (Lipinski definition) is 1. The predicted octanol–water partition coefficient (Wildman–Crippen LogP) is 3.00. The van der Waals surface area contributed by atoms with Gasteiger partial charge in [0.05, 0.1) is 21.1 Å². The van der Waals surface area contributed by atoms with Crippen molar-refractivity contribution in [2.45, 2.75) is 19.9 Å². The molecule has 1 N–H and O–H groups in total. The van der Waals surface area contributed by atoms with Crippen LogP contribution in [0.4, 0.5) is 5.69 Å². The molecular weight excluding hydrogens is 390 g/mol. The average molecular weight is 409 g/mol. The van der Waals surface area contributed by atoms with Crippen molar-refractivity contribution in [2.24, 2.45) is 5.92 Å². The lowest BCUT2D eigenvalue weighted by Gasteiger charge is -2.16. The zero-order valence-electron chi connectivity index (χ0n) is 15.8. The van der Waals surface area contributed by atoms with E-state index in [1.54, 1.807) is 16.2 Å². The number of benzene rings is 2. The van der Waals surface area contributed by atoms with Crippen molar-refractivity contribution in [1.29, 1.82) is 0 Å². The summed E-state index contributed by atoms with van der Waals surface area (Å²) in [4.78, 5) is 31.3. The van der Waals surface area contributed by atoms with Crippen LogP contribution in [0.25, 0.3) is 10.2 Å². The normalized spacial score (nSPS) is 17.9. The van der Waals surface area contributed by atoms with Crippen molar-refractivity contribution in [3.63, 3.8) is 0 Å². The maximum absolute atomic E-state index is 12.6. The second-order valence-electron chi connectivity index (χ2n) is 7.20. The summed E-state index contributed by atoms with van der Waals surface area (Å²) in [6.45, 7) is 2.94. The van der Waals surface area contributed by atoms with Gasteiger partial charge in [-0.3, -0.25) is 9.59 Å². The zero-order chi connectivity index (χ0) is 20.0. The Hall–Kier alpha value is -3.13. The minimum Gasteiger partial charge on any atom is -0.454 e. The molecule has 1 fully saturated rings. The van der Waals surface area contributed by atoms with Crippen LogP contribution >= 0.6 is 11.3 Å². The van der Waals surface area contributed by atoms with Gasteiger partial charge in [0.1, 0.15) is 0 Å². The number of aromatic nitrogens is 1. The highest BCUT2D eigenvalue weighted by molar-refractivity contribution is 7.18. The molecule has 1 aromatic heterocycles. The Bertz CT molecular complexity index is 1130. The highest BCUT2D eigenvalue weighted by Gasteiger charge is 2.35. The summed E-state index contributed by atoms with van der Waals surface area (Å²) in [6, 6.07) is 11.4. The number of hydrogen-bond acceptors (Lipinski definition) is 6. The van der Waals surface area contributed by atoms with Crippen LogP contribution in [0.2, 0.25) is 0 Å². The van der Waals surface area contributed by atoms with Crippen LogP contribution < -0.4 is 19.7 Å². The SMILES string of the molecule is Cc1nc2cc(N3CC(C(=O)NCc4ccc5c(c4)OCO5)CC3=O)ccc2s1. The maximum Gasteiger partial charge on any atom is 0.231 e. The number of ether oxygens (including phenoxy) is 2. The molecule has 29 heavy (non-hydrogen) atoms. The fourth-order valence-electron chi connectivity index (χ4n) is 3.72. The smallest absolute Gasteiger partial charge is 0.231 e. The molecule has 0 radical (unpaired) electrons. The lowest BCUT2D eigenvalue weighted by Crippen LogP contribution is -2.32. The summed E-state index contributed by atoms with van der Waals surface area (Å²) in [6.07, 6.45) is 0.209. The van der Waals surface area contributed by atoms with Crippen molar-refractivity contribution in [3.8, 4) is 11.5 Å². The molecule has 2 aromatic carbocycles. The number of carbonyl (C=O) groups excluding carboxylic acids is 2. The lowest BCUT2D eigenvalue weighted by atomic mass is 10.1. The molecule has 2 aliphatic heterocycles. The zero-order valence-corrected chi connectivity index (χ0v) is 16.6. The third-order valence-corrected chi connectivity index (χ3v) is 6.14. The van der Waals surface area contributed by atoms with E-state index in [0.717, 1.165) is 26.5 Å². The Morgan fingerprint density at radius 2 is 2.10 bits per heavy atom. The van der Waals surface area contributed by atoms with E-state index in [2.05, 4.69) is 10.3 Å². The molecule has 0 saturated carbocycles. The second kappa shape index (κ2) is 7.04. The van der Waals surface area contributed by atoms with Crippen LogP contribution in [-0.4, -0.2) is 30.1 Å². The van der Waals surface area contributed by atoms with E-state index in [-0.39, 0.29) is 30.9 Å². The van der Waals surface area contributed by atoms with Crippen molar-refractivity contribution in [3.05, 3.63) is 47.0 Å². The number of amides is 2. The first-order valence-corrected chi connectivity index (χ1v) is 10.2. The number of aryl methyl sites for hydroxylation is 1. The fraction of sp³-hybridized carbons (Fsp3) is 0.286. The standard InChI is InChI=1S/C21H19N3O4S/c1-12-23-16-8-15(3-5-19(16)29-12)24-10-14(7-20(24)25)21(26)22-9-13-2-4-17-18(6-13)28-11-27-17/h2-6,8,14H,7,9-11H2,1H3,(H,22,26). The Labute approximate surface area is 171 Å². The monoisotopic (exact) mass is 409 g/mol. The van der Waals surface area contributed by atoms with Crippen molar-refractivity contribution in [2.75, 3.05) is 18.2 Å². The number of carbonyl (C=O) groups is 2. The average Bonchev–Trinajstić information content (AvgIpc) is 3.42. The number of fused-ring (bicyclic) bond motifs is 2. The molecule has 1 saturated heterocycles. The highest BCUT2D eigenvalue weighted by Crippen LogP contribution is 2.33. The summed E-state index contributed by atoms with van der Waals surface area (Å²) in [5.74, 6) is 0.865. The molecule has 0 bridgehead atoms. The summed E-state index contributed by atoms with van der Waals surface area (Å²) in [5, 5.41) is 3.92. The number of nitrogens with one attached hydrogen (secondary N) is 1. The van der Waals surface area contributed by atoms with Gasteiger partial charge in [-0.2, -0.15) is 0 Å². The number of nitrogens with zero attached hydrogens (tertiary/aromatic N) is 2. The molecule has 8 heteroatoms. The van der Waals surface area contributed by atoms with Crippen LogP contribution in [0.1, 0.15) is 17.0 Å². The number of rotatable bonds is 4. The lowest BCUT2D eigenvalue weighted by molar-refractivity contribution is -0.126. The van der Waals surface area contributed by atoms with Gasteiger partial charge in [-0.25, -0.2) is 4.98 Å². The molecule has 148 valence electrons. The summed E-state index contributed by atoms with van der Waals surface area (Å²) in [5.41, 5.74) is 2.60. The molecule has 3 aromatic rings. The van der Waals surface area contributed by atoms with Gasteiger partial charge in [0.25, 0.3) is 0 Å². The molecule has 7 nitrogen and oxygen atoms in total. The van der Waals surface area contributed by atoms with Crippen LogP contribution in [0, 0.1) is 12.8 Å². The Balaban J connectivity index is 1.25. The third kappa shape index (κ3) is 3.40. The predicted molar refractivity (Wildman–Crippen MR) is 109 cm³/mol. The van der Waals surface area contributed by atoms with E-state index in [4.69, 9.17) is 9.47 Å². The maximum atomic E-state index is 12.6. The molecule has 3 heterocycles. The van der Waals surface area contributed by atoms with Crippen molar-refractivity contribution in [1.82, 2.24) is 10.3 Å². The van der Waals surface area contributed by atoms with Crippen LogP contribution in [0.3, 0.4) is 0 Å². The molecule has 0 spiro atoms. The van der Waals surface area contributed by atoms with E-state index in [0.29, 0.717) is 24.6 Å². The second-order valence-corrected chi connectivity index (χ2v) is 8.43. The van der Waals surface area contributed by atoms with Crippen LogP contribution in [0.15, 0.2) is 36.4 Å². The minimum atomic E-state index is -0.371. The molecule has 2 aliphatic rings. The highest BCUT2D eigenvalue weighted by atomic mass is 32.1. The Kier molecular flexibility index (Phi) is 4.35. The Morgan fingerprint density at radius 3 is 3.00 bits per heavy atom. The first-order valence-electron chi connectivity index (χ1n) is 9.40. The van der Waals surface area contributed by atoms with E-state index >= 15 is 0 Å². The van der Waals surface area contributed by atoms with E-state index in [1.165, 1.54) is 0 Å². The van der Waals surface area contributed by atoms with Gasteiger partial charge in [-0.1, -0.05) is 6.07 Å². The number of thiazole rings is 1. The van der Waals surface area contributed by atoms with Gasteiger partial charge < -0.3 is 19.7 Å². The fourth-order valence-corrected chi connectivity index (χ4v) is 4.52. The molecular formula is C21H19N3O4S. The van der Waals surface area contributed by atoms with Crippen LogP contribution in [0.5, 0.6) is 11.5 Å². The molecule has 1 unspecified atom stereocenters. The third-order valence-electron chi connectivity index (χ3n) is 5.19. The molecule has 1 atom stereocenters. The van der Waals surface area contributed by atoms with Gasteiger partial charge in [-0.05, 0) is 42.8 Å². The number of anilines is 1. The first kappa shape index (κ1) is 17.9. The van der Waals surface area contributed by atoms with Gasteiger partial charge in [0.15, 0.2) is 11.5 Å². The summed E-state index contributed by atoms with van der Waals surface area (Å²) in [7, 11) is 0. The van der Waals surface area contributed by atoms with E-state index in [1.807, 2.05) is 43.3 Å².